The molecule has 0 aromatic carbocycles. The number of rotatable bonds is 3. The zero-order chi connectivity index (χ0) is 19.0. The fourth-order valence-electron chi connectivity index (χ4n) is 3.33. The molecule has 8 heteroatoms. The van der Waals surface area contributed by atoms with Gasteiger partial charge < -0.3 is 14.2 Å². The molecule has 4 rings (SSSR count). The van der Waals surface area contributed by atoms with Crippen molar-refractivity contribution in [2.45, 2.75) is 20.8 Å². The maximum absolute atomic E-state index is 12.7. The number of aryl methyl sites for hydroxylation is 3. The SMILES string of the molecule is Cc1ccn(-c2cc(N3CCN(C(=O)c4cc(C)oc4C)CC3)ncn2)n1. The predicted molar refractivity (Wildman–Crippen MR) is 100 cm³/mol. The Kier molecular flexibility index (Phi) is 4.39. The number of anilines is 1. The minimum Gasteiger partial charge on any atom is -0.466 e. The molecule has 0 saturated carbocycles. The van der Waals surface area contributed by atoms with Crippen LogP contribution in [-0.4, -0.2) is 56.7 Å². The van der Waals surface area contributed by atoms with E-state index in [4.69, 9.17) is 4.42 Å². The lowest BCUT2D eigenvalue weighted by molar-refractivity contribution is 0.0744. The van der Waals surface area contributed by atoms with Crippen LogP contribution in [0, 0.1) is 20.8 Å². The third kappa shape index (κ3) is 3.42. The number of hydrogen-bond acceptors (Lipinski definition) is 6. The molecule has 0 N–H and O–H groups in total. The molecular weight excluding hydrogens is 344 g/mol. The molecule has 140 valence electrons. The second-order valence-corrected chi connectivity index (χ2v) is 6.74. The number of carbonyl (C=O) groups is 1. The fourth-order valence-corrected chi connectivity index (χ4v) is 3.33. The van der Waals surface area contributed by atoms with Crippen LogP contribution in [-0.2, 0) is 0 Å². The number of furan rings is 1. The lowest BCUT2D eigenvalue weighted by Gasteiger charge is -2.35. The Morgan fingerprint density at radius 3 is 2.41 bits per heavy atom. The second-order valence-electron chi connectivity index (χ2n) is 6.74. The lowest BCUT2D eigenvalue weighted by atomic mass is 10.2. The summed E-state index contributed by atoms with van der Waals surface area (Å²) in [5, 5.41) is 4.39. The van der Waals surface area contributed by atoms with Crippen molar-refractivity contribution in [1.82, 2.24) is 24.6 Å². The van der Waals surface area contributed by atoms with E-state index in [-0.39, 0.29) is 5.91 Å². The van der Waals surface area contributed by atoms with E-state index in [0.29, 0.717) is 24.4 Å². The average Bonchev–Trinajstić information content (AvgIpc) is 3.26. The summed E-state index contributed by atoms with van der Waals surface area (Å²) in [6.45, 7) is 8.35. The second kappa shape index (κ2) is 6.86. The molecule has 0 spiro atoms. The van der Waals surface area contributed by atoms with Crippen LogP contribution >= 0.6 is 0 Å². The minimum atomic E-state index is 0.0272. The van der Waals surface area contributed by atoms with Crippen molar-refractivity contribution in [1.29, 1.82) is 0 Å². The van der Waals surface area contributed by atoms with E-state index in [2.05, 4.69) is 20.0 Å². The van der Waals surface area contributed by atoms with E-state index < -0.39 is 0 Å². The van der Waals surface area contributed by atoms with Crippen LogP contribution < -0.4 is 4.90 Å². The smallest absolute Gasteiger partial charge is 0.257 e. The number of carbonyl (C=O) groups excluding carboxylic acids is 1. The third-order valence-electron chi connectivity index (χ3n) is 4.76. The van der Waals surface area contributed by atoms with Crippen LogP contribution in [0.5, 0.6) is 0 Å². The van der Waals surface area contributed by atoms with Gasteiger partial charge in [-0.2, -0.15) is 5.10 Å². The Labute approximate surface area is 157 Å². The van der Waals surface area contributed by atoms with Crippen LogP contribution in [0.15, 0.2) is 35.1 Å². The highest BCUT2D eigenvalue weighted by molar-refractivity contribution is 5.95. The van der Waals surface area contributed by atoms with Crippen LogP contribution in [0.2, 0.25) is 0 Å². The normalized spacial score (nSPS) is 14.6. The third-order valence-corrected chi connectivity index (χ3v) is 4.76. The Bertz CT molecular complexity index is 968. The average molecular weight is 366 g/mol. The Morgan fingerprint density at radius 2 is 1.78 bits per heavy atom. The van der Waals surface area contributed by atoms with Gasteiger partial charge in [0.2, 0.25) is 0 Å². The Morgan fingerprint density at radius 1 is 1.04 bits per heavy atom. The van der Waals surface area contributed by atoms with Crippen molar-refractivity contribution < 1.29 is 9.21 Å². The van der Waals surface area contributed by atoms with E-state index in [1.165, 1.54) is 0 Å². The molecule has 8 nitrogen and oxygen atoms in total. The van der Waals surface area contributed by atoms with Gasteiger partial charge in [0.1, 0.15) is 23.7 Å². The molecule has 1 amide bonds. The standard InChI is InChI=1S/C19H22N6O2/c1-13-4-5-25(22-13)18-11-17(20-12-21-18)23-6-8-24(9-7-23)19(26)16-10-14(2)27-15(16)3/h4-5,10-12H,6-9H2,1-3H3. The van der Waals surface area contributed by atoms with Crippen molar-refractivity contribution in [3.05, 3.63) is 53.5 Å². The van der Waals surface area contributed by atoms with Crippen molar-refractivity contribution in [2.24, 2.45) is 0 Å². The number of amides is 1. The summed E-state index contributed by atoms with van der Waals surface area (Å²) in [6.07, 6.45) is 3.43. The van der Waals surface area contributed by atoms with E-state index in [0.717, 1.165) is 36.2 Å². The fraction of sp³-hybridized carbons (Fsp3) is 0.368. The molecule has 0 atom stereocenters. The summed E-state index contributed by atoms with van der Waals surface area (Å²) < 4.78 is 7.23. The summed E-state index contributed by atoms with van der Waals surface area (Å²) in [7, 11) is 0. The topological polar surface area (TPSA) is 80.3 Å². The zero-order valence-corrected chi connectivity index (χ0v) is 15.7. The Balaban J connectivity index is 1.45. The van der Waals surface area contributed by atoms with Crippen molar-refractivity contribution in [3.63, 3.8) is 0 Å². The van der Waals surface area contributed by atoms with Gasteiger partial charge in [-0.05, 0) is 32.9 Å². The van der Waals surface area contributed by atoms with Gasteiger partial charge in [0.15, 0.2) is 5.82 Å². The number of nitrogens with zero attached hydrogens (tertiary/aromatic N) is 6. The lowest BCUT2D eigenvalue weighted by Crippen LogP contribution is -2.49. The number of aromatic nitrogens is 4. The van der Waals surface area contributed by atoms with Gasteiger partial charge in [0.05, 0.1) is 11.3 Å². The first kappa shape index (κ1) is 17.3. The molecule has 0 unspecified atom stereocenters. The molecule has 27 heavy (non-hydrogen) atoms. The van der Waals surface area contributed by atoms with E-state index in [1.807, 2.05) is 50.1 Å². The molecule has 1 aliphatic heterocycles. The van der Waals surface area contributed by atoms with Gasteiger partial charge >= 0.3 is 0 Å². The van der Waals surface area contributed by atoms with E-state index in [1.54, 1.807) is 11.0 Å². The van der Waals surface area contributed by atoms with Crippen LogP contribution in [0.1, 0.15) is 27.6 Å². The molecule has 1 saturated heterocycles. The summed E-state index contributed by atoms with van der Waals surface area (Å²) in [5.41, 5.74) is 1.59. The monoisotopic (exact) mass is 366 g/mol. The largest absolute Gasteiger partial charge is 0.466 e. The zero-order valence-electron chi connectivity index (χ0n) is 15.7. The van der Waals surface area contributed by atoms with Crippen molar-refractivity contribution in [2.75, 3.05) is 31.1 Å². The van der Waals surface area contributed by atoms with E-state index >= 15 is 0 Å². The highest BCUT2D eigenvalue weighted by atomic mass is 16.3. The summed E-state index contributed by atoms with van der Waals surface area (Å²) in [5.74, 6) is 3.04. The van der Waals surface area contributed by atoms with Crippen LogP contribution in [0.4, 0.5) is 5.82 Å². The molecule has 0 bridgehead atoms. The van der Waals surface area contributed by atoms with Gasteiger partial charge in [-0.3, -0.25) is 4.79 Å². The highest BCUT2D eigenvalue weighted by Gasteiger charge is 2.25. The minimum absolute atomic E-state index is 0.0272. The molecule has 0 aliphatic carbocycles. The van der Waals surface area contributed by atoms with Gasteiger partial charge in [0.25, 0.3) is 5.91 Å². The maximum Gasteiger partial charge on any atom is 0.257 e. The Hall–Kier alpha value is -3.16. The first-order valence-electron chi connectivity index (χ1n) is 8.97. The van der Waals surface area contributed by atoms with Crippen LogP contribution in [0.3, 0.4) is 0 Å². The quantitative estimate of drug-likeness (QED) is 0.707. The first-order valence-corrected chi connectivity index (χ1v) is 8.97. The predicted octanol–water partition coefficient (Wildman–Crippen LogP) is 2.14. The van der Waals surface area contributed by atoms with Crippen molar-refractivity contribution in [3.8, 4) is 5.82 Å². The van der Waals surface area contributed by atoms with Gasteiger partial charge in [-0.1, -0.05) is 0 Å². The summed E-state index contributed by atoms with van der Waals surface area (Å²) in [4.78, 5) is 25.5. The molecule has 1 aliphatic rings. The highest BCUT2D eigenvalue weighted by Crippen LogP contribution is 2.19. The molecule has 1 fully saturated rings. The number of hydrogen-bond donors (Lipinski definition) is 0. The maximum atomic E-state index is 12.7. The molecule has 0 radical (unpaired) electrons. The molecule has 3 aromatic rings. The first-order chi connectivity index (χ1) is 13.0. The number of piperazine rings is 1. The summed E-state index contributed by atoms with van der Waals surface area (Å²) >= 11 is 0. The van der Waals surface area contributed by atoms with Gasteiger partial charge in [0, 0.05) is 38.4 Å². The van der Waals surface area contributed by atoms with Crippen LogP contribution in [0.25, 0.3) is 5.82 Å². The van der Waals surface area contributed by atoms with E-state index in [9.17, 15) is 4.79 Å². The van der Waals surface area contributed by atoms with Gasteiger partial charge in [-0.25, -0.2) is 14.6 Å². The molecule has 4 heterocycles. The molecular formula is C19H22N6O2. The van der Waals surface area contributed by atoms with Gasteiger partial charge in [-0.15, -0.1) is 0 Å². The van der Waals surface area contributed by atoms with Crippen molar-refractivity contribution >= 4 is 11.7 Å². The summed E-state index contributed by atoms with van der Waals surface area (Å²) in [6, 6.07) is 5.67. The molecule has 3 aromatic heterocycles.